The molecule has 0 radical (unpaired) electrons. The highest BCUT2D eigenvalue weighted by molar-refractivity contribution is 6.01. The molecular formula is C24H27F3N5O+. The number of quaternary nitrogens is 1. The van der Waals surface area contributed by atoms with E-state index in [9.17, 15) is 4.39 Å². The first-order valence-corrected chi connectivity index (χ1v) is 10.8. The molecule has 1 atom stereocenters. The zero-order valence-corrected chi connectivity index (χ0v) is 18.6. The van der Waals surface area contributed by atoms with Crippen LogP contribution in [0.3, 0.4) is 0 Å². The Balaban J connectivity index is 1.44. The number of oxime groups is 1. The third-order valence-electron chi connectivity index (χ3n) is 6.29. The second kappa shape index (κ2) is 9.07. The third kappa shape index (κ3) is 4.56. The van der Waals surface area contributed by atoms with Gasteiger partial charge >= 0.3 is 0 Å². The van der Waals surface area contributed by atoms with E-state index in [-0.39, 0.29) is 11.7 Å². The van der Waals surface area contributed by atoms with Crippen LogP contribution in [-0.2, 0) is 10.8 Å². The molecule has 2 aromatic carbocycles. The van der Waals surface area contributed by atoms with E-state index in [0.717, 1.165) is 0 Å². The normalized spacial score (nSPS) is 20.4. The van der Waals surface area contributed by atoms with Crippen molar-refractivity contribution in [3.8, 4) is 11.1 Å². The predicted octanol–water partition coefficient (Wildman–Crippen LogP) is 4.09. The monoisotopic (exact) mass is 458 g/mol. The lowest BCUT2D eigenvalue weighted by Gasteiger charge is -2.50. The molecule has 0 saturated carbocycles. The van der Waals surface area contributed by atoms with Crippen molar-refractivity contribution >= 4 is 5.71 Å². The largest absolute Gasteiger partial charge is 0.386 e. The van der Waals surface area contributed by atoms with Crippen molar-refractivity contribution in [2.45, 2.75) is 25.4 Å². The van der Waals surface area contributed by atoms with Crippen LogP contribution in [0.25, 0.3) is 11.1 Å². The molecule has 9 heteroatoms. The van der Waals surface area contributed by atoms with Crippen molar-refractivity contribution in [2.24, 2.45) is 15.7 Å². The van der Waals surface area contributed by atoms with Crippen molar-refractivity contribution in [1.82, 2.24) is 4.90 Å². The van der Waals surface area contributed by atoms with Gasteiger partial charge in [-0.25, -0.2) is 18.7 Å². The average molecular weight is 459 g/mol. The average Bonchev–Trinajstić information content (AvgIpc) is 3.25. The maximum Gasteiger partial charge on any atom is 0.280 e. The molecular weight excluding hydrogens is 431 g/mol. The van der Waals surface area contributed by atoms with Crippen LogP contribution in [0.5, 0.6) is 0 Å². The number of benzene rings is 2. The topological polar surface area (TPSA) is 77.7 Å². The highest BCUT2D eigenvalue weighted by Gasteiger charge is 2.56. The summed E-state index contributed by atoms with van der Waals surface area (Å²) < 4.78 is 44.9. The van der Waals surface area contributed by atoms with Crippen molar-refractivity contribution in [3.05, 3.63) is 71.8 Å². The summed E-state index contributed by atoms with van der Waals surface area (Å²) in [6.07, 6.45) is 3.42. The Morgan fingerprint density at radius 3 is 2.58 bits per heavy atom. The Morgan fingerprint density at radius 2 is 1.94 bits per heavy atom. The maximum atomic E-state index is 15.0. The molecule has 0 amide bonds. The number of nitrogens with two attached hydrogens (primary N) is 1. The van der Waals surface area contributed by atoms with Gasteiger partial charge < -0.3 is 15.1 Å². The van der Waals surface area contributed by atoms with Gasteiger partial charge in [0.2, 0.25) is 0 Å². The number of hydrogen-bond donors (Lipinski definition) is 2. The van der Waals surface area contributed by atoms with Gasteiger partial charge in [-0.15, -0.1) is 0 Å². The van der Waals surface area contributed by atoms with Gasteiger partial charge in [0.05, 0.1) is 11.1 Å². The Hall–Kier alpha value is -3.04. The quantitative estimate of drug-likeness (QED) is 0.585. The van der Waals surface area contributed by atoms with Crippen LogP contribution >= 0.6 is 0 Å². The molecule has 4 rings (SSSR count). The molecule has 174 valence electrons. The summed E-state index contributed by atoms with van der Waals surface area (Å²) in [5.74, 6) is -3.40. The van der Waals surface area contributed by atoms with Crippen LogP contribution in [0.2, 0.25) is 0 Å². The molecule has 2 aliphatic rings. The molecule has 2 aromatic rings. The van der Waals surface area contributed by atoms with E-state index >= 15 is 8.78 Å². The zero-order chi connectivity index (χ0) is 23.6. The lowest BCUT2D eigenvalue weighted by atomic mass is 9.73. The molecule has 0 aliphatic carbocycles. The Kier molecular flexibility index (Phi) is 6.36. The molecule has 0 bridgehead atoms. The minimum atomic E-state index is -2.96. The summed E-state index contributed by atoms with van der Waals surface area (Å²) in [6, 6.07) is 10.7. The Labute approximate surface area is 190 Å². The van der Waals surface area contributed by atoms with Gasteiger partial charge in [-0.3, -0.25) is 0 Å². The summed E-state index contributed by atoms with van der Waals surface area (Å²) in [5, 5.41) is 9.03. The minimum absolute atomic E-state index is 0.0505. The van der Waals surface area contributed by atoms with Gasteiger partial charge in [-0.05, 0) is 18.7 Å². The van der Waals surface area contributed by atoms with Gasteiger partial charge in [0.15, 0.2) is 6.10 Å². The SMILES string of the molecule is CN1CC(C)(C(F)(F)c2ccc(-c3ccc(C4=NOC(C[NH2+]C=CN=N)C4)cc3F)cc2)C1. The fourth-order valence-electron chi connectivity index (χ4n) is 4.54. The lowest BCUT2D eigenvalue weighted by Crippen LogP contribution is -2.80. The van der Waals surface area contributed by atoms with Gasteiger partial charge in [-0.2, -0.15) is 5.11 Å². The van der Waals surface area contributed by atoms with Crippen LogP contribution < -0.4 is 5.32 Å². The zero-order valence-electron chi connectivity index (χ0n) is 18.6. The van der Waals surface area contributed by atoms with Gasteiger partial charge in [0.1, 0.15) is 24.8 Å². The van der Waals surface area contributed by atoms with E-state index in [0.29, 0.717) is 48.5 Å². The number of halogens is 3. The standard InChI is InChI=1S/C24H26F3N5O/c1-23(14-32(2)15-23)24(26,27)18-6-3-16(4-7-18)20-8-5-17(11-21(20)25)22-12-19(33-31-22)13-29-9-10-30-28/h3-11,19,28-29H,12-15H2,1-2H3/p+1. The highest BCUT2D eigenvalue weighted by atomic mass is 19.3. The van der Waals surface area contributed by atoms with Crippen LogP contribution in [-0.4, -0.2) is 43.4 Å². The smallest absolute Gasteiger partial charge is 0.280 e. The fourth-order valence-corrected chi connectivity index (χ4v) is 4.54. The predicted molar refractivity (Wildman–Crippen MR) is 118 cm³/mol. The van der Waals surface area contributed by atoms with Crippen LogP contribution in [0.15, 0.2) is 65.1 Å². The molecule has 1 saturated heterocycles. The minimum Gasteiger partial charge on any atom is -0.386 e. The molecule has 2 heterocycles. The number of nitrogens with zero attached hydrogens (tertiary/aromatic N) is 3. The van der Waals surface area contributed by atoms with Gasteiger partial charge in [-0.1, -0.05) is 48.5 Å². The lowest BCUT2D eigenvalue weighted by molar-refractivity contribution is -0.595. The molecule has 1 fully saturated rings. The Bertz CT molecular complexity index is 1080. The summed E-state index contributed by atoms with van der Waals surface area (Å²) in [6.45, 7) is 2.87. The van der Waals surface area contributed by atoms with E-state index in [1.54, 1.807) is 37.4 Å². The van der Waals surface area contributed by atoms with Crippen molar-refractivity contribution < 1.29 is 23.3 Å². The molecule has 1 unspecified atom stereocenters. The van der Waals surface area contributed by atoms with Crippen LogP contribution in [0.1, 0.15) is 24.5 Å². The van der Waals surface area contributed by atoms with Crippen LogP contribution in [0.4, 0.5) is 13.2 Å². The first-order chi connectivity index (χ1) is 15.7. The molecule has 2 aliphatic heterocycles. The Morgan fingerprint density at radius 1 is 1.24 bits per heavy atom. The van der Waals surface area contributed by atoms with Gasteiger partial charge in [0, 0.05) is 36.2 Å². The molecule has 0 spiro atoms. The van der Waals surface area contributed by atoms with E-state index in [2.05, 4.69) is 10.3 Å². The molecule has 0 aromatic heterocycles. The summed E-state index contributed by atoms with van der Waals surface area (Å²) in [5.41, 5.74) is 7.73. The van der Waals surface area contributed by atoms with E-state index in [1.165, 1.54) is 24.4 Å². The summed E-state index contributed by atoms with van der Waals surface area (Å²) in [7, 11) is 1.82. The first kappa shape index (κ1) is 23.1. The second-order valence-electron chi connectivity index (χ2n) is 8.99. The molecule has 6 nitrogen and oxygen atoms in total. The van der Waals surface area contributed by atoms with Gasteiger partial charge in [0.25, 0.3) is 5.92 Å². The van der Waals surface area contributed by atoms with E-state index < -0.39 is 17.2 Å². The maximum absolute atomic E-state index is 15.0. The van der Waals surface area contributed by atoms with Crippen LogP contribution in [0, 0.1) is 16.8 Å². The third-order valence-corrected chi connectivity index (χ3v) is 6.29. The highest BCUT2D eigenvalue weighted by Crippen LogP contribution is 2.50. The summed E-state index contributed by atoms with van der Waals surface area (Å²) in [4.78, 5) is 7.26. The number of nitrogens with one attached hydrogen (secondary N) is 1. The second-order valence-corrected chi connectivity index (χ2v) is 8.99. The summed E-state index contributed by atoms with van der Waals surface area (Å²) >= 11 is 0. The first-order valence-electron chi connectivity index (χ1n) is 10.8. The van der Waals surface area contributed by atoms with E-state index in [4.69, 9.17) is 10.4 Å². The molecule has 33 heavy (non-hydrogen) atoms. The van der Waals surface area contributed by atoms with Crippen molar-refractivity contribution in [3.63, 3.8) is 0 Å². The number of likely N-dealkylation sites (tertiary alicyclic amines) is 1. The number of rotatable bonds is 8. The molecule has 3 N–H and O–H groups in total. The van der Waals surface area contributed by atoms with Crippen molar-refractivity contribution in [2.75, 3.05) is 26.7 Å². The van der Waals surface area contributed by atoms with E-state index in [1.807, 2.05) is 17.3 Å². The fraction of sp³-hybridized carbons (Fsp3) is 0.375. The number of alkyl halides is 2. The number of hydrogen-bond acceptors (Lipinski definition) is 5. The van der Waals surface area contributed by atoms with Crippen molar-refractivity contribution in [1.29, 1.82) is 5.53 Å².